The summed E-state index contributed by atoms with van der Waals surface area (Å²) in [7, 11) is 0. The minimum Gasteiger partial charge on any atom is -0.656 e. The van der Waals surface area contributed by atoms with Crippen LogP contribution in [0.5, 0.6) is 0 Å². The van der Waals surface area contributed by atoms with E-state index in [-0.39, 0.29) is 21.1 Å². The van der Waals surface area contributed by atoms with E-state index in [0.29, 0.717) is 89.6 Å². The number of hydrogen-bond acceptors (Lipinski definition) is 4. The van der Waals surface area contributed by atoms with Crippen molar-refractivity contribution >= 4 is 98.1 Å². The molecule has 0 spiro atoms. The topological polar surface area (TPSA) is 110 Å². The van der Waals surface area contributed by atoms with Gasteiger partial charge in [0, 0.05) is 22.3 Å². The van der Waals surface area contributed by atoms with E-state index in [9.17, 15) is 10.5 Å². The Kier molecular flexibility index (Phi) is 12.2. The second-order valence-corrected chi connectivity index (χ2v) is 22.4. The van der Waals surface area contributed by atoms with Crippen molar-refractivity contribution in [3.63, 3.8) is 0 Å². The van der Waals surface area contributed by atoms with Gasteiger partial charge in [-0.2, -0.15) is 10.5 Å². The van der Waals surface area contributed by atoms with Crippen LogP contribution in [0.4, 0.5) is 11.4 Å². The second kappa shape index (κ2) is 20.6. The summed E-state index contributed by atoms with van der Waals surface area (Å²) in [6, 6.07) is 86.8. The van der Waals surface area contributed by atoms with Gasteiger partial charge in [0.05, 0.1) is 59.2 Å². The fourth-order valence-corrected chi connectivity index (χ4v) is 13.5. The zero-order valence-corrected chi connectivity index (χ0v) is 49.3. The summed E-state index contributed by atoms with van der Waals surface area (Å²) in [6.45, 7) is 16.8. The normalized spacial score (nSPS) is 11.5. The third-order valence-corrected chi connectivity index (χ3v) is 17.5. The van der Waals surface area contributed by atoms with E-state index in [2.05, 4.69) is 119 Å². The molecule has 0 amide bonds. The standard InChI is InChI=1S/C80H40N8.Pt/c1-83-59-29-13-27-57(33-59)71-77-65-39-51-21-7-5-19-49(51)37-63(65)75(86-77)69(55-25-11-15-45(31-55)43-81)73-61-35-47-17-3-4-18-48(47)36-62(61)74(85-73)70(56-26-12-16-46(32-56)44-82)76-64-38-50-20-6-8-22-52(50)40-66(64)78(87-76)72(58-28-14-30-60(34-58)84-2)80-68-42-54-24-10-9-23-53(54)41-67(68)79(71)88-80;/h3-42H;/q-2;+2. The molecule has 0 N–H and O–H groups in total. The molecule has 3 aliphatic rings. The van der Waals surface area contributed by atoms with Gasteiger partial charge >= 0.3 is 21.1 Å². The van der Waals surface area contributed by atoms with Crippen LogP contribution >= 0.6 is 0 Å². The SMILES string of the molecule is [C-]#[N+]c1cccc(-c2c3nc(c(-c4cccc([N+]#[C-])c4)c4[n-]c(c(-c5cccc(C#N)c5)c5nc(c(-c6cccc(C#N)c6)c6[n-]c2c2cc7ccccc7cc62)-c2cc6ccccc6cc2-5)c2cc5ccccc5cc42)-c2cc4ccccc4cc2-3)c1.[Pt+2]. The fraction of sp³-hybridized carbons (Fsp3) is 0. The summed E-state index contributed by atoms with van der Waals surface area (Å²) in [5.41, 5.74) is 16.2. The van der Waals surface area contributed by atoms with Crippen LogP contribution in [0.25, 0.3) is 186 Å². The third kappa shape index (κ3) is 8.29. The van der Waals surface area contributed by atoms with Gasteiger partial charge < -0.3 is 9.97 Å². The van der Waals surface area contributed by atoms with E-state index in [0.717, 1.165) is 109 Å². The molecule has 0 radical (unpaired) electrons. The number of nitriles is 2. The number of rotatable bonds is 4. The molecule has 0 saturated carbocycles. The molecule has 14 aromatic rings. The first-order valence-electron chi connectivity index (χ1n) is 28.8. The Bertz CT molecular complexity index is 5290. The molecule has 0 saturated heterocycles. The average molecular weight is 1310 g/mol. The first kappa shape index (κ1) is 52.5. The summed E-state index contributed by atoms with van der Waals surface area (Å²) in [5, 5.41) is 33.0. The number of fused-ring (bicyclic) bond motifs is 4. The van der Waals surface area contributed by atoms with Gasteiger partial charge in [-0.05, 0) is 194 Å². The zero-order valence-electron chi connectivity index (χ0n) is 47.0. The van der Waals surface area contributed by atoms with Crippen molar-refractivity contribution in [2.24, 2.45) is 0 Å². The Morgan fingerprint density at radius 2 is 0.562 bits per heavy atom. The number of benzene rings is 12. The van der Waals surface area contributed by atoms with Gasteiger partial charge in [-0.1, -0.05) is 158 Å². The predicted molar refractivity (Wildman–Crippen MR) is 357 cm³/mol. The van der Waals surface area contributed by atoms with Crippen LogP contribution in [0, 0.1) is 35.8 Å². The van der Waals surface area contributed by atoms with Crippen LogP contribution in [0.3, 0.4) is 0 Å². The number of nitrogens with zero attached hydrogens (tertiary/aromatic N) is 8. The van der Waals surface area contributed by atoms with Crippen LogP contribution in [-0.2, 0) is 21.1 Å². The number of hydrogen-bond donors (Lipinski definition) is 0. The molecule has 2 aromatic heterocycles. The van der Waals surface area contributed by atoms with Crippen molar-refractivity contribution in [2.75, 3.05) is 0 Å². The summed E-state index contributed by atoms with van der Waals surface area (Å²) in [6.07, 6.45) is 0. The van der Waals surface area contributed by atoms with Gasteiger partial charge in [-0.25, -0.2) is 19.7 Å². The van der Waals surface area contributed by atoms with Crippen molar-refractivity contribution in [1.29, 1.82) is 10.5 Å². The van der Waals surface area contributed by atoms with Crippen molar-refractivity contribution < 1.29 is 21.1 Å². The third-order valence-electron chi connectivity index (χ3n) is 17.5. The van der Waals surface area contributed by atoms with Crippen LogP contribution < -0.4 is 9.97 Å². The maximum Gasteiger partial charge on any atom is 2.00 e. The van der Waals surface area contributed by atoms with Gasteiger partial charge in [0.1, 0.15) is 0 Å². The Morgan fingerprint density at radius 3 is 0.831 bits per heavy atom. The summed E-state index contributed by atoms with van der Waals surface area (Å²) >= 11 is 0. The van der Waals surface area contributed by atoms with Crippen molar-refractivity contribution in [3.8, 4) is 102 Å². The molecule has 1 aliphatic carbocycles. The molecule has 89 heavy (non-hydrogen) atoms. The smallest absolute Gasteiger partial charge is 0.656 e. The van der Waals surface area contributed by atoms with Gasteiger partial charge in [-0.15, -0.1) is 22.1 Å². The molecule has 17 rings (SSSR count). The molecule has 9 heteroatoms. The van der Waals surface area contributed by atoms with Crippen molar-refractivity contribution in [2.45, 2.75) is 0 Å². The summed E-state index contributed by atoms with van der Waals surface area (Å²) < 4.78 is 0. The first-order chi connectivity index (χ1) is 43.4. The average Bonchev–Trinajstić information content (AvgIpc) is 1.61. The Hall–Kier alpha value is -12.0. The molecule has 0 atom stereocenters. The Labute approximate surface area is 524 Å². The predicted octanol–water partition coefficient (Wildman–Crippen LogP) is 20.7. The molecule has 8 bridgehead atoms. The molecule has 12 aromatic carbocycles. The van der Waals surface area contributed by atoms with Crippen LogP contribution in [0.1, 0.15) is 11.1 Å². The maximum absolute atomic E-state index is 10.7. The molecule has 2 aliphatic heterocycles. The minimum atomic E-state index is 0. The van der Waals surface area contributed by atoms with Crippen molar-refractivity contribution in [1.82, 2.24) is 19.9 Å². The monoisotopic (exact) mass is 1310 g/mol. The van der Waals surface area contributed by atoms with Gasteiger partial charge in [0.25, 0.3) is 0 Å². The van der Waals surface area contributed by atoms with E-state index in [1.807, 2.05) is 146 Å². The largest absolute Gasteiger partial charge is 2.00 e. The van der Waals surface area contributed by atoms with E-state index >= 15 is 0 Å². The molecular formula is C80H40N8Pt. The Morgan fingerprint density at radius 1 is 0.303 bits per heavy atom. The maximum atomic E-state index is 10.7. The summed E-state index contributed by atoms with van der Waals surface area (Å²) in [5.74, 6) is 0. The molecule has 8 nitrogen and oxygen atoms in total. The van der Waals surface area contributed by atoms with Crippen LogP contribution in [-0.4, -0.2) is 9.97 Å². The van der Waals surface area contributed by atoms with Gasteiger partial charge in [-0.3, -0.25) is 0 Å². The van der Waals surface area contributed by atoms with Crippen molar-refractivity contribution in [3.05, 3.63) is 277 Å². The molecule has 4 heterocycles. The molecule has 0 fully saturated rings. The van der Waals surface area contributed by atoms with E-state index < -0.39 is 0 Å². The van der Waals surface area contributed by atoms with Gasteiger partial charge in [0.2, 0.25) is 0 Å². The minimum absolute atomic E-state index is 0. The van der Waals surface area contributed by atoms with E-state index in [4.69, 9.17) is 33.1 Å². The molecular weight excluding hydrogens is 1270 g/mol. The summed E-state index contributed by atoms with van der Waals surface area (Å²) in [4.78, 5) is 32.2. The fourth-order valence-electron chi connectivity index (χ4n) is 13.5. The molecule has 0 unspecified atom stereocenters. The quantitative estimate of drug-likeness (QED) is 0.162. The van der Waals surface area contributed by atoms with Crippen LogP contribution in [0.2, 0.25) is 0 Å². The van der Waals surface area contributed by atoms with Crippen LogP contribution in [0.15, 0.2) is 243 Å². The van der Waals surface area contributed by atoms with Gasteiger partial charge in [0.15, 0.2) is 11.4 Å². The second-order valence-electron chi connectivity index (χ2n) is 22.4. The van der Waals surface area contributed by atoms with E-state index in [1.54, 1.807) is 0 Å². The Balaban J connectivity index is 0.00000636. The molecule has 410 valence electrons. The zero-order chi connectivity index (χ0) is 58.7. The van der Waals surface area contributed by atoms with E-state index in [1.165, 1.54) is 0 Å². The first-order valence-corrected chi connectivity index (χ1v) is 28.8. The number of aromatic nitrogens is 4.